The molecular weight excluding hydrogens is 496 g/mol. The van der Waals surface area contributed by atoms with Gasteiger partial charge in [-0.15, -0.1) is 0 Å². The number of nitrogens with one attached hydrogen (secondary N) is 1. The maximum Gasteiger partial charge on any atom is 0.304 e. The predicted octanol–water partition coefficient (Wildman–Crippen LogP) is 1.30. The molecule has 37 heavy (non-hydrogen) atoms. The van der Waals surface area contributed by atoms with Crippen molar-refractivity contribution in [2.45, 2.75) is 18.9 Å². The molecule has 0 radical (unpaired) electrons. The molecule has 0 bridgehead atoms. The summed E-state index contributed by atoms with van der Waals surface area (Å²) < 4.78 is 17.6. The van der Waals surface area contributed by atoms with E-state index in [-0.39, 0.29) is 37.2 Å². The number of benzene rings is 2. The van der Waals surface area contributed by atoms with Gasteiger partial charge >= 0.3 is 5.97 Å². The van der Waals surface area contributed by atoms with Crippen LogP contribution in [0.2, 0.25) is 0 Å². The predicted molar refractivity (Wildman–Crippen MR) is 139 cm³/mol. The summed E-state index contributed by atoms with van der Waals surface area (Å²) in [7, 11) is 0. The van der Waals surface area contributed by atoms with Gasteiger partial charge in [-0.25, -0.2) is 0 Å². The first-order valence-electron chi connectivity index (χ1n) is 12.0. The summed E-state index contributed by atoms with van der Waals surface area (Å²) in [6.45, 7) is 0.755. The summed E-state index contributed by atoms with van der Waals surface area (Å²) in [5, 5.41) is 16.7. The fourth-order valence-corrected chi connectivity index (χ4v) is 5.68. The van der Waals surface area contributed by atoms with Gasteiger partial charge in [0.25, 0.3) is 0 Å². The molecule has 2 aliphatic heterocycles. The summed E-state index contributed by atoms with van der Waals surface area (Å²) >= 11 is -0.922. The molecular formula is C26H30N4O6S. The largest absolute Gasteiger partial charge is 0.616 e. The number of rotatable bonds is 9. The van der Waals surface area contributed by atoms with Crippen molar-refractivity contribution in [3.63, 3.8) is 0 Å². The van der Waals surface area contributed by atoms with Crippen LogP contribution in [0.25, 0.3) is 11.1 Å². The number of nitrogen functional groups attached to an aromatic ring is 1. The third-order valence-electron chi connectivity index (χ3n) is 6.71. The van der Waals surface area contributed by atoms with Crippen LogP contribution in [-0.2, 0) is 25.6 Å². The lowest BCUT2D eigenvalue weighted by atomic mass is 10.0. The zero-order valence-corrected chi connectivity index (χ0v) is 21.1. The van der Waals surface area contributed by atoms with Crippen LogP contribution in [-0.4, -0.2) is 86.9 Å². The number of carbonyl (C=O) groups excluding carboxylic acids is 2. The minimum Gasteiger partial charge on any atom is -0.616 e. The zero-order chi connectivity index (χ0) is 26.5. The van der Waals surface area contributed by atoms with E-state index in [9.17, 15) is 24.0 Å². The van der Waals surface area contributed by atoms with E-state index in [1.54, 1.807) is 17.0 Å². The SMILES string of the molecule is N=C(N)c1ccc(-c2ccc(OC[C@@H]3C[C@@H](CC(=O)O)C(=O)N3CC(=O)N3CC[S+]([O-])CC3)cc2)cc1. The van der Waals surface area contributed by atoms with Crippen molar-refractivity contribution in [1.82, 2.24) is 9.80 Å². The number of amidine groups is 1. The Morgan fingerprint density at radius 3 is 2.24 bits per heavy atom. The topological polar surface area (TPSA) is 160 Å². The second kappa shape index (κ2) is 11.7. The number of carboxylic acids is 1. The fraction of sp³-hybridized carbons (Fsp3) is 0.385. The van der Waals surface area contributed by atoms with Crippen LogP contribution in [0.4, 0.5) is 0 Å². The number of carbonyl (C=O) groups is 3. The number of likely N-dealkylation sites (tertiary alicyclic amines) is 1. The average Bonchev–Trinajstić information content (AvgIpc) is 3.16. The van der Waals surface area contributed by atoms with E-state index in [0.717, 1.165) is 11.1 Å². The summed E-state index contributed by atoms with van der Waals surface area (Å²) in [5.74, 6) is -0.905. The van der Waals surface area contributed by atoms with Gasteiger partial charge in [-0.3, -0.25) is 19.8 Å². The van der Waals surface area contributed by atoms with E-state index in [0.29, 0.717) is 42.3 Å². The highest BCUT2D eigenvalue weighted by Gasteiger charge is 2.42. The number of hydrogen-bond acceptors (Lipinski definition) is 6. The van der Waals surface area contributed by atoms with Crippen molar-refractivity contribution in [2.24, 2.45) is 11.7 Å². The summed E-state index contributed by atoms with van der Waals surface area (Å²) in [6, 6.07) is 14.3. The van der Waals surface area contributed by atoms with Crippen LogP contribution in [0.1, 0.15) is 18.4 Å². The van der Waals surface area contributed by atoms with Crippen LogP contribution in [0.3, 0.4) is 0 Å². The minimum atomic E-state index is -1.06. The molecule has 0 spiro atoms. The van der Waals surface area contributed by atoms with E-state index in [1.165, 1.54) is 4.90 Å². The smallest absolute Gasteiger partial charge is 0.304 e. The van der Waals surface area contributed by atoms with Crippen LogP contribution < -0.4 is 10.5 Å². The highest BCUT2D eigenvalue weighted by molar-refractivity contribution is 7.91. The van der Waals surface area contributed by atoms with Crippen molar-refractivity contribution < 1.29 is 28.8 Å². The van der Waals surface area contributed by atoms with Crippen LogP contribution in [0, 0.1) is 11.3 Å². The van der Waals surface area contributed by atoms with Gasteiger partial charge in [-0.1, -0.05) is 47.6 Å². The number of amides is 2. The molecule has 0 aromatic heterocycles. The number of nitrogens with zero attached hydrogens (tertiary/aromatic N) is 2. The Kier molecular flexibility index (Phi) is 8.34. The molecule has 10 nitrogen and oxygen atoms in total. The van der Waals surface area contributed by atoms with E-state index >= 15 is 0 Å². The van der Waals surface area contributed by atoms with Gasteiger partial charge in [-0.2, -0.15) is 0 Å². The Morgan fingerprint density at radius 2 is 1.68 bits per heavy atom. The lowest BCUT2D eigenvalue weighted by molar-refractivity contribution is -0.144. The highest BCUT2D eigenvalue weighted by Crippen LogP contribution is 2.29. The Labute approximate surface area is 218 Å². The Bertz CT molecular complexity index is 1150. The van der Waals surface area contributed by atoms with Gasteiger partial charge in [0.15, 0.2) is 0 Å². The summed E-state index contributed by atoms with van der Waals surface area (Å²) in [5.41, 5.74) is 8.07. The molecule has 4 rings (SSSR count). The number of carboxylic acid groups (broad SMARTS) is 1. The molecule has 2 aliphatic rings. The Morgan fingerprint density at radius 1 is 1.08 bits per heavy atom. The van der Waals surface area contributed by atoms with Gasteiger partial charge in [-0.05, 0) is 29.7 Å². The maximum absolute atomic E-state index is 13.0. The second-order valence-corrected chi connectivity index (χ2v) is 10.9. The standard InChI is InChI=1S/C26H30N4O6S/c27-25(28)19-3-1-17(2-4-19)18-5-7-22(8-6-18)36-16-21-13-20(14-24(32)33)26(34)30(21)15-23(31)29-9-11-37(35)12-10-29/h1-8,20-21H,9-16H2,(H3,27,28)(H,32,33)/t20-,21-/m0/s1. The normalized spacial score (nSPS) is 20.2. The lowest BCUT2D eigenvalue weighted by Crippen LogP contribution is -2.50. The molecule has 4 N–H and O–H groups in total. The van der Waals surface area contributed by atoms with Gasteiger partial charge in [0.05, 0.1) is 31.5 Å². The monoisotopic (exact) mass is 526 g/mol. The van der Waals surface area contributed by atoms with Crippen molar-refractivity contribution >= 4 is 34.8 Å². The van der Waals surface area contributed by atoms with Crippen molar-refractivity contribution in [1.29, 1.82) is 5.41 Å². The van der Waals surface area contributed by atoms with Crippen molar-refractivity contribution in [2.75, 3.05) is 37.7 Å². The van der Waals surface area contributed by atoms with E-state index < -0.39 is 29.1 Å². The van der Waals surface area contributed by atoms with Crippen LogP contribution in [0.5, 0.6) is 5.75 Å². The molecule has 2 atom stereocenters. The van der Waals surface area contributed by atoms with E-state index in [1.807, 2.05) is 36.4 Å². The molecule has 0 unspecified atom stereocenters. The molecule has 2 amide bonds. The van der Waals surface area contributed by atoms with Crippen LogP contribution in [0.15, 0.2) is 48.5 Å². The molecule has 2 saturated heterocycles. The molecule has 2 fully saturated rings. The highest BCUT2D eigenvalue weighted by atomic mass is 32.2. The molecule has 2 heterocycles. The number of aliphatic carboxylic acids is 1. The fourth-order valence-electron chi connectivity index (χ4n) is 4.63. The Balaban J connectivity index is 1.40. The third-order valence-corrected chi connectivity index (χ3v) is 7.99. The minimum absolute atomic E-state index is 0.00869. The Hall–Kier alpha value is -3.57. The first-order chi connectivity index (χ1) is 17.7. The van der Waals surface area contributed by atoms with E-state index in [4.69, 9.17) is 15.9 Å². The number of ether oxygens (including phenoxy) is 1. The third kappa shape index (κ3) is 6.60. The average molecular weight is 527 g/mol. The summed E-state index contributed by atoms with van der Waals surface area (Å²) in [6.07, 6.45) is 0.00282. The molecule has 196 valence electrons. The maximum atomic E-state index is 13.0. The zero-order valence-electron chi connectivity index (χ0n) is 20.3. The molecule has 2 aromatic rings. The first-order valence-corrected chi connectivity index (χ1v) is 13.5. The number of hydrogen-bond donors (Lipinski definition) is 3. The molecule has 0 aliphatic carbocycles. The molecule has 11 heteroatoms. The van der Waals surface area contributed by atoms with Gasteiger partial charge < -0.3 is 29.9 Å². The molecule has 2 aromatic carbocycles. The van der Waals surface area contributed by atoms with Crippen molar-refractivity contribution in [3.8, 4) is 16.9 Å². The molecule has 0 saturated carbocycles. The van der Waals surface area contributed by atoms with Gasteiger partial charge in [0, 0.05) is 5.56 Å². The second-order valence-electron chi connectivity index (χ2n) is 9.21. The van der Waals surface area contributed by atoms with Crippen molar-refractivity contribution in [3.05, 3.63) is 54.1 Å². The van der Waals surface area contributed by atoms with E-state index in [2.05, 4.69) is 0 Å². The van der Waals surface area contributed by atoms with Gasteiger partial charge in [0.1, 0.15) is 36.2 Å². The summed E-state index contributed by atoms with van der Waals surface area (Å²) in [4.78, 5) is 40.1. The number of nitrogens with two attached hydrogens (primary N) is 1. The first kappa shape index (κ1) is 26.5. The van der Waals surface area contributed by atoms with Gasteiger partial charge in [0.2, 0.25) is 11.8 Å². The lowest BCUT2D eigenvalue weighted by Gasteiger charge is -2.31. The quantitative estimate of drug-likeness (QED) is 0.252. The van der Waals surface area contributed by atoms with Crippen LogP contribution >= 0.6 is 0 Å².